The van der Waals surface area contributed by atoms with Crippen LogP contribution in [0.5, 0.6) is 0 Å². The number of carbonyl (C=O) groups is 1. The second-order valence-electron chi connectivity index (χ2n) is 6.52. The van der Waals surface area contributed by atoms with Crippen LogP contribution in [-0.2, 0) is 0 Å². The van der Waals surface area contributed by atoms with Gasteiger partial charge in [0.15, 0.2) is 0 Å². The first kappa shape index (κ1) is 21.2. The fourth-order valence-corrected chi connectivity index (χ4v) is 2.75. The maximum atomic E-state index is 12.7. The van der Waals surface area contributed by atoms with Crippen molar-refractivity contribution in [2.24, 2.45) is 10.2 Å². The summed E-state index contributed by atoms with van der Waals surface area (Å²) in [7, 11) is 0. The number of hydrogen-bond acceptors (Lipinski definition) is 5. The number of amides is 1. The molecule has 0 aromatic heterocycles. The number of benzene rings is 2. The van der Waals surface area contributed by atoms with E-state index in [1.807, 2.05) is 4.90 Å². The van der Waals surface area contributed by atoms with E-state index in [2.05, 4.69) is 24.1 Å². The fourth-order valence-electron chi connectivity index (χ4n) is 2.75. The highest BCUT2D eigenvalue weighted by molar-refractivity contribution is 5.94. The van der Waals surface area contributed by atoms with Crippen molar-refractivity contribution in [3.05, 3.63) is 64.2 Å². The molecule has 2 aromatic rings. The fraction of sp³-hybridized carbons (Fsp3) is 0.381. The van der Waals surface area contributed by atoms with Gasteiger partial charge in [-0.25, -0.2) is 0 Å². The molecule has 0 bridgehead atoms. The molecule has 0 saturated heterocycles. The van der Waals surface area contributed by atoms with E-state index >= 15 is 0 Å². The summed E-state index contributed by atoms with van der Waals surface area (Å²) in [5.41, 5.74) is 1.79. The first-order valence-corrected chi connectivity index (χ1v) is 9.60. The molecule has 0 N–H and O–H groups in total. The number of non-ortho nitro benzene ring substituents is 1. The summed E-state index contributed by atoms with van der Waals surface area (Å²) in [4.78, 5) is 24.8. The van der Waals surface area contributed by atoms with Gasteiger partial charge in [-0.3, -0.25) is 14.9 Å². The Bertz CT molecular complexity index is 801. The van der Waals surface area contributed by atoms with Crippen LogP contribution in [0.15, 0.2) is 58.8 Å². The van der Waals surface area contributed by atoms with Crippen molar-refractivity contribution in [3.63, 3.8) is 0 Å². The van der Waals surface area contributed by atoms with E-state index in [1.165, 1.54) is 12.1 Å². The van der Waals surface area contributed by atoms with E-state index in [4.69, 9.17) is 0 Å². The van der Waals surface area contributed by atoms with Gasteiger partial charge in [0.2, 0.25) is 0 Å². The first-order valence-electron chi connectivity index (χ1n) is 9.60. The Kier molecular flexibility index (Phi) is 8.27. The number of carbonyl (C=O) groups excluding carboxylic acids is 1. The Hall–Kier alpha value is -3.09. The van der Waals surface area contributed by atoms with Crippen LogP contribution < -0.4 is 0 Å². The zero-order chi connectivity index (χ0) is 20.4. The Labute approximate surface area is 165 Å². The van der Waals surface area contributed by atoms with Crippen LogP contribution in [0.3, 0.4) is 0 Å². The SMILES string of the molecule is CCCCCN(CCC)C(=O)c1ccc(N=Nc2ccc([N+](=O)[O-])cc2)cc1. The first-order chi connectivity index (χ1) is 13.5. The molecule has 0 aliphatic carbocycles. The Morgan fingerprint density at radius 2 is 1.46 bits per heavy atom. The summed E-state index contributed by atoms with van der Waals surface area (Å²) in [6.07, 6.45) is 4.20. The lowest BCUT2D eigenvalue weighted by molar-refractivity contribution is -0.384. The van der Waals surface area contributed by atoms with Gasteiger partial charge in [-0.15, -0.1) is 0 Å². The number of hydrogen-bond donors (Lipinski definition) is 0. The quantitative estimate of drug-likeness (QED) is 0.217. The van der Waals surface area contributed by atoms with E-state index in [1.54, 1.807) is 36.4 Å². The van der Waals surface area contributed by atoms with Crippen LogP contribution in [0.2, 0.25) is 0 Å². The molecular formula is C21H26N4O3. The molecule has 0 saturated carbocycles. The number of unbranched alkanes of at least 4 members (excludes halogenated alkanes) is 2. The van der Waals surface area contributed by atoms with Crippen molar-refractivity contribution in [2.75, 3.05) is 13.1 Å². The van der Waals surface area contributed by atoms with Gasteiger partial charge in [0, 0.05) is 30.8 Å². The van der Waals surface area contributed by atoms with E-state index in [0.29, 0.717) is 16.9 Å². The Morgan fingerprint density at radius 1 is 0.893 bits per heavy atom. The number of nitro benzene ring substituents is 1. The van der Waals surface area contributed by atoms with Crippen LogP contribution in [0.1, 0.15) is 49.9 Å². The highest BCUT2D eigenvalue weighted by Gasteiger charge is 2.14. The standard InChI is InChI=1S/C21H26N4O3/c1-3-5-6-16-24(15-4-2)21(26)17-7-9-18(10-8-17)22-23-19-11-13-20(14-12-19)25(27)28/h7-14H,3-6,15-16H2,1-2H3. The second-order valence-corrected chi connectivity index (χ2v) is 6.52. The molecule has 0 unspecified atom stereocenters. The summed E-state index contributed by atoms with van der Waals surface area (Å²) < 4.78 is 0. The van der Waals surface area contributed by atoms with Gasteiger partial charge in [0.25, 0.3) is 11.6 Å². The summed E-state index contributed by atoms with van der Waals surface area (Å²) in [5.74, 6) is 0.0387. The van der Waals surface area contributed by atoms with Crippen molar-refractivity contribution in [1.29, 1.82) is 0 Å². The zero-order valence-electron chi connectivity index (χ0n) is 16.4. The lowest BCUT2D eigenvalue weighted by atomic mass is 10.1. The molecule has 0 heterocycles. The summed E-state index contributed by atoms with van der Waals surface area (Å²) in [5, 5.41) is 18.9. The van der Waals surface area contributed by atoms with Crippen LogP contribution in [0.25, 0.3) is 0 Å². The average Bonchev–Trinajstić information content (AvgIpc) is 2.72. The topological polar surface area (TPSA) is 88.2 Å². The predicted molar refractivity (Wildman–Crippen MR) is 109 cm³/mol. The molecule has 2 rings (SSSR count). The van der Waals surface area contributed by atoms with Crippen molar-refractivity contribution >= 4 is 23.0 Å². The van der Waals surface area contributed by atoms with Gasteiger partial charge in [-0.1, -0.05) is 26.7 Å². The molecule has 0 radical (unpaired) electrons. The molecule has 28 heavy (non-hydrogen) atoms. The minimum atomic E-state index is -0.458. The van der Waals surface area contributed by atoms with Crippen molar-refractivity contribution < 1.29 is 9.72 Å². The van der Waals surface area contributed by atoms with Crippen LogP contribution in [0, 0.1) is 10.1 Å². The van der Waals surface area contributed by atoms with E-state index in [9.17, 15) is 14.9 Å². The average molecular weight is 382 g/mol. The Morgan fingerprint density at radius 3 is 1.96 bits per heavy atom. The molecule has 0 aliphatic heterocycles. The molecule has 0 atom stereocenters. The van der Waals surface area contributed by atoms with Crippen molar-refractivity contribution in [2.45, 2.75) is 39.5 Å². The van der Waals surface area contributed by atoms with E-state index < -0.39 is 4.92 Å². The van der Waals surface area contributed by atoms with Gasteiger partial charge in [0.1, 0.15) is 0 Å². The number of nitro groups is 1. The summed E-state index contributed by atoms with van der Waals surface area (Å²) >= 11 is 0. The monoisotopic (exact) mass is 382 g/mol. The van der Waals surface area contributed by atoms with Crippen LogP contribution >= 0.6 is 0 Å². The molecule has 0 spiro atoms. The number of azo groups is 1. The lowest BCUT2D eigenvalue weighted by Gasteiger charge is -2.22. The zero-order valence-corrected chi connectivity index (χ0v) is 16.4. The maximum Gasteiger partial charge on any atom is 0.269 e. The highest BCUT2D eigenvalue weighted by atomic mass is 16.6. The van der Waals surface area contributed by atoms with Gasteiger partial charge >= 0.3 is 0 Å². The minimum absolute atomic E-state index is 0.0115. The minimum Gasteiger partial charge on any atom is -0.339 e. The molecule has 0 aliphatic rings. The van der Waals surface area contributed by atoms with Crippen LogP contribution in [0.4, 0.5) is 17.1 Å². The molecule has 2 aromatic carbocycles. The van der Waals surface area contributed by atoms with Crippen molar-refractivity contribution in [1.82, 2.24) is 4.90 Å². The Balaban J connectivity index is 2.02. The molecule has 1 amide bonds. The largest absolute Gasteiger partial charge is 0.339 e. The smallest absolute Gasteiger partial charge is 0.269 e. The third kappa shape index (κ3) is 6.26. The maximum absolute atomic E-state index is 12.7. The number of rotatable bonds is 10. The number of nitrogens with zero attached hydrogens (tertiary/aromatic N) is 4. The second kappa shape index (κ2) is 10.9. The third-order valence-electron chi connectivity index (χ3n) is 4.27. The van der Waals surface area contributed by atoms with E-state index in [-0.39, 0.29) is 11.6 Å². The lowest BCUT2D eigenvalue weighted by Crippen LogP contribution is -2.32. The molecule has 7 heteroatoms. The molecule has 148 valence electrons. The third-order valence-corrected chi connectivity index (χ3v) is 4.27. The van der Waals surface area contributed by atoms with Gasteiger partial charge in [0.05, 0.1) is 16.3 Å². The van der Waals surface area contributed by atoms with Crippen molar-refractivity contribution in [3.8, 4) is 0 Å². The molecule has 0 fully saturated rings. The molecular weight excluding hydrogens is 356 g/mol. The van der Waals surface area contributed by atoms with E-state index in [0.717, 1.165) is 38.8 Å². The van der Waals surface area contributed by atoms with Crippen LogP contribution in [-0.4, -0.2) is 28.8 Å². The normalized spacial score (nSPS) is 10.9. The molecule has 7 nitrogen and oxygen atoms in total. The summed E-state index contributed by atoms with van der Waals surface area (Å²) in [6, 6.07) is 12.9. The predicted octanol–water partition coefficient (Wildman–Crippen LogP) is 6.05. The van der Waals surface area contributed by atoms with Gasteiger partial charge in [-0.2, -0.15) is 10.2 Å². The van der Waals surface area contributed by atoms with Gasteiger partial charge in [-0.05, 0) is 49.2 Å². The van der Waals surface area contributed by atoms with Gasteiger partial charge < -0.3 is 4.90 Å². The highest BCUT2D eigenvalue weighted by Crippen LogP contribution is 2.22. The summed E-state index contributed by atoms with van der Waals surface area (Å²) in [6.45, 7) is 5.75.